The Morgan fingerprint density at radius 2 is 2.15 bits per heavy atom. The van der Waals surface area contributed by atoms with Crippen molar-refractivity contribution >= 4 is 46.2 Å². The standard InChI is InChI=1S/C14H13ClN4O/c1-3-12(18-14(15)17-2)19-8-10(13(16)20)9-6-4-5-7-11(9)19/h3-8H,2H2,1H3,(H2,16,20)/b12-3+,18-14-. The minimum Gasteiger partial charge on any atom is -0.366 e. The summed E-state index contributed by atoms with van der Waals surface area (Å²) in [6.07, 6.45) is 3.39. The van der Waals surface area contributed by atoms with Crippen molar-refractivity contribution in [1.82, 2.24) is 4.57 Å². The molecular weight excluding hydrogens is 276 g/mol. The van der Waals surface area contributed by atoms with E-state index in [1.165, 1.54) is 0 Å². The van der Waals surface area contributed by atoms with Gasteiger partial charge in [-0.25, -0.2) is 9.98 Å². The topological polar surface area (TPSA) is 72.7 Å². The molecular formula is C14H13ClN4O. The number of rotatable bonds is 3. The van der Waals surface area contributed by atoms with Crippen molar-refractivity contribution in [3.63, 3.8) is 0 Å². The summed E-state index contributed by atoms with van der Waals surface area (Å²) in [5.74, 6) is 0.0402. The molecule has 0 spiro atoms. The van der Waals surface area contributed by atoms with Gasteiger partial charge in [0.15, 0.2) is 0 Å². The number of nitrogens with two attached hydrogens (primary N) is 1. The second-order valence-corrected chi connectivity index (χ2v) is 4.32. The Kier molecular flexibility index (Phi) is 4.00. The van der Waals surface area contributed by atoms with Crippen LogP contribution in [-0.2, 0) is 0 Å². The molecule has 1 aromatic carbocycles. The van der Waals surface area contributed by atoms with Crippen molar-refractivity contribution < 1.29 is 4.79 Å². The molecule has 20 heavy (non-hydrogen) atoms. The molecule has 0 saturated heterocycles. The number of hydrogen-bond acceptors (Lipinski definition) is 2. The van der Waals surface area contributed by atoms with Gasteiger partial charge in [0.2, 0.25) is 5.29 Å². The molecule has 0 aliphatic rings. The fourth-order valence-electron chi connectivity index (χ4n) is 1.95. The molecule has 2 N–H and O–H groups in total. The highest BCUT2D eigenvalue weighted by molar-refractivity contribution is 6.65. The number of fused-ring (bicyclic) bond motifs is 1. The number of halogens is 1. The number of nitrogens with zero attached hydrogens (tertiary/aromatic N) is 3. The first kappa shape index (κ1) is 14.0. The molecule has 0 saturated carbocycles. The summed E-state index contributed by atoms with van der Waals surface area (Å²) in [5, 5.41) is 0.786. The molecule has 0 bridgehead atoms. The number of hydrogen-bond donors (Lipinski definition) is 1. The van der Waals surface area contributed by atoms with Crippen molar-refractivity contribution in [2.45, 2.75) is 6.92 Å². The Hall–Kier alpha value is -2.40. The minimum absolute atomic E-state index is 0.0245. The van der Waals surface area contributed by atoms with E-state index >= 15 is 0 Å². The van der Waals surface area contributed by atoms with Crippen molar-refractivity contribution in [2.24, 2.45) is 15.7 Å². The zero-order valence-electron chi connectivity index (χ0n) is 10.9. The number of aromatic nitrogens is 1. The van der Waals surface area contributed by atoms with Gasteiger partial charge in [-0.15, -0.1) is 0 Å². The van der Waals surface area contributed by atoms with E-state index < -0.39 is 5.91 Å². The Labute approximate surface area is 121 Å². The molecule has 102 valence electrons. The third-order valence-electron chi connectivity index (χ3n) is 2.82. The van der Waals surface area contributed by atoms with Crippen LogP contribution < -0.4 is 5.73 Å². The molecule has 5 nitrogen and oxygen atoms in total. The van der Waals surface area contributed by atoms with Crippen LogP contribution in [0.1, 0.15) is 17.3 Å². The number of carbonyl (C=O) groups is 1. The first-order valence-corrected chi connectivity index (χ1v) is 6.23. The van der Waals surface area contributed by atoms with Crippen LogP contribution in [-0.4, -0.2) is 22.5 Å². The molecule has 0 atom stereocenters. The monoisotopic (exact) mass is 288 g/mol. The van der Waals surface area contributed by atoms with Crippen LogP contribution in [0.25, 0.3) is 16.7 Å². The molecule has 1 aromatic heterocycles. The van der Waals surface area contributed by atoms with Crippen molar-refractivity contribution in [1.29, 1.82) is 0 Å². The molecule has 0 unspecified atom stereocenters. The van der Waals surface area contributed by atoms with E-state index in [-0.39, 0.29) is 5.29 Å². The van der Waals surface area contributed by atoms with Gasteiger partial charge >= 0.3 is 0 Å². The van der Waals surface area contributed by atoms with Crippen LogP contribution >= 0.6 is 11.6 Å². The Morgan fingerprint density at radius 3 is 2.75 bits per heavy atom. The summed E-state index contributed by atoms with van der Waals surface area (Å²) in [6.45, 7) is 5.12. The van der Waals surface area contributed by atoms with Crippen molar-refractivity contribution in [3.05, 3.63) is 42.1 Å². The number of allylic oxidation sites excluding steroid dienone is 1. The largest absolute Gasteiger partial charge is 0.366 e. The zero-order valence-corrected chi connectivity index (χ0v) is 11.6. The number of aliphatic imine (C=N–C) groups is 2. The minimum atomic E-state index is -0.493. The van der Waals surface area contributed by atoms with E-state index in [4.69, 9.17) is 17.3 Å². The van der Waals surface area contributed by atoms with Crippen LogP contribution in [0.3, 0.4) is 0 Å². The molecule has 0 fully saturated rings. The Morgan fingerprint density at radius 1 is 1.45 bits per heavy atom. The summed E-state index contributed by atoms with van der Waals surface area (Å²) in [4.78, 5) is 19.2. The number of carbonyl (C=O) groups excluding carboxylic acids is 1. The van der Waals surface area contributed by atoms with Crippen LogP contribution in [0.4, 0.5) is 0 Å². The van der Waals surface area contributed by atoms with Gasteiger partial charge in [0, 0.05) is 11.6 Å². The summed E-state index contributed by atoms with van der Waals surface area (Å²) in [5.41, 5.74) is 6.64. The summed E-state index contributed by atoms with van der Waals surface area (Å²) in [6, 6.07) is 7.41. The zero-order chi connectivity index (χ0) is 14.7. The molecule has 1 heterocycles. The van der Waals surface area contributed by atoms with Gasteiger partial charge < -0.3 is 10.3 Å². The van der Waals surface area contributed by atoms with Crippen molar-refractivity contribution in [2.75, 3.05) is 0 Å². The molecule has 0 aliphatic heterocycles. The fraction of sp³-hybridized carbons (Fsp3) is 0.0714. The first-order valence-electron chi connectivity index (χ1n) is 5.86. The first-order chi connectivity index (χ1) is 9.58. The summed E-state index contributed by atoms with van der Waals surface area (Å²) >= 11 is 5.78. The van der Waals surface area contributed by atoms with E-state index in [9.17, 15) is 4.79 Å². The van der Waals surface area contributed by atoms with Gasteiger partial charge in [-0.05, 0) is 37.4 Å². The van der Waals surface area contributed by atoms with Gasteiger partial charge in [-0.2, -0.15) is 0 Å². The van der Waals surface area contributed by atoms with Crippen molar-refractivity contribution in [3.8, 4) is 0 Å². The highest BCUT2D eigenvalue weighted by Gasteiger charge is 2.14. The maximum absolute atomic E-state index is 11.5. The SMILES string of the molecule is C=N/C(Cl)=N\C(=C/C)n1cc(C(N)=O)c2ccccc21. The van der Waals surface area contributed by atoms with Crippen LogP contribution in [0, 0.1) is 0 Å². The predicted octanol–water partition coefficient (Wildman–Crippen LogP) is 2.85. The molecule has 0 radical (unpaired) electrons. The van der Waals surface area contributed by atoms with Gasteiger partial charge in [0.25, 0.3) is 5.91 Å². The second-order valence-electron chi connectivity index (χ2n) is 3.98. The van der Waals surface area contributed by atoms with Gasteiger partial charge in [0.1, 0.15) is 5.82 Å². The van der Waals surface area contributed by atoms with Crippen LogP contribution in [0.15, 0.2) is 46.5 Å². The highest BCUT2D eigenvalue weighted by Crippen LogP contribution is 2.25. The smallest absolute Gasteiger partial charge is 0.250 e. The van der Waals surface area contributed by atoms with E-state index in [1.807, 2.05) is 31.2 Å². The third kappa shape index (κ3) is 2.48. The third-order valence-corrected chi connectivity index (χ3v) is 3.02. The van der Waals surface area contributed by atoms with Gasteiger partial charge in [-0.3, -0.25) is 4.79 Å². The molecule has 6 heteroatoms. The fourth-order valence-corrected chi connectivity index (χ4v) is 2.04. The number of amidine groups is 1. The lowest BCUT2D eigenvalue weighted by atomic mass is 10.2. The number of benzene rings is 1. The number of amides is 1. The lowest BCUT2D eigenvalue weighted by Crippen LogP contribution is -2.10. The maximum atomic E-state index is 11.5. The van der Waals surface area contributed by atoms with Crippen LogP contribution in [0.5, 0.6) is 0 Å². The quantitative estimate of drug-likeness (QED) is 0.526. The van der Waals surface area contributed by atoms with Crippen LogP contribution in [0.2, 0.25) is 0 Å². The number of primary amides is 1. The van der Waals surface area contributed by atoms with E-state index in [0.29, 0.717) is 11.4 Å². The van der Waals surface area contributed by atoms with Gasteiger partial charge in [0.05, 0.1) is 11.1 Å². The maximum Gasteiger partial charge on any atom is 0.250 e. The molecule has 0 aliphatic carbocycles. The van der Waals surface area contributed by atoms with E-state index in [2.05, 4.69) is 16.7 Å². The molecule has 2 rings (SSSR count). The normalized spacial score (nSPS) is 12.7. The lowest BCUT2D eigenvalue weighted by molar-refractivity contribution is 0.100. The summed E-state index contributed by atoms with van der Waals surface area (Å²) in [7, 11) is 0. The average Bonchev–Trinajstić information content (AvgIpc) is 2.84. The van der Waals surface area contributed by atoms with E-state index in [1.54, 1.807) is 16.8 Å². The van der Waals surface area contributed by atoms with Gasteiger partial charge in [-0.1, -0.05) is 18.2 Å². The number of para-hydroxylation sites is 1. The molecule has 2 aromatic rings. The Bertz CT molecular complexity index is 743. The lowest BCUT2D eigenvalue weighted by Gasteiger charge is -2.05. The summed E-state index contributed by atoms with van der Waals surface area (Å²) < 4.78 is 1.74. The second kappa shape index (κ2) is 5.71. The highest BCUT2D eigenvalue weighted by atomic mass is 35.5. The molecule has 1 amide bonds. The predicted molar refractivity (Wildman–Crippen MR) is 83.2 cm³/mol. The van der Waals surface area contributed by atoms with E-state index in [0.717, 1.165) is 10.9 Å². The average molecular weight is 289 g/mol. The Balaban J connectivity index is 2.71.